The van der Waals surface area contributed by atoms with Gasteiger partial charge in [0, 0.05) is 38.4 Å². The molecular weight excluding hydrogens is 564 g/mol. The van der Waals surface area contributed by atoms with Gasteiger partial charge in [-0.25, -0.2) is 4.79 Å². The highest BCUT2D eigenvalue weighted by molar-refractivity contribution is 7.99. The summed E-state index contributed by atoms with van der Waals surface area (Å²) < 4.78 is 12.9. The number of methoxy groups -OCH3 is 1. The van der Waals surface area contributed by atoms with E-state index < -0.39 is 5.97 Å². The van der Waals surface area contributed by atoms with Gasteiger partial charge in [0.15, 0.2) is 11.0 Å². The Balaban J connectivity index is 1.33. The summed E-state index contributed by atoms with van der Waals surface area (Å²) in [6.45, 7) is 3.44. The van der Waals surface area contributed by atoms with Crippen LogP contribution in [0.15, 0.2) is 46.2 Å². The van der Waals surface area contributed by atoms with Crippen molar-refractivity contribution in [1.82, 2.24) is 14.8 Å². The first-order valence-corrected chi connectivity index (χ1v) is 15.0. The number of esters is 1. The molecule has 4 heterocycles. The Hall–Kier alpha value is -2.70. The highest BCUT2D eigenvalue weighted by Gasteiger charge is 2.25. The lowest BCUT2D eigenvalue weighted by Crippen LogP contribution is -2.18. The van der Waals surface area contributed by atoms with Crippen LogP contribution in [0.3, 0.4) is 0 Å². The summed E-state index contributed by atoms with van der Waals surface area (Å²) in [6.07, 6.45) is 2.11. The molecule has 1 N–H and O–H groups in total. The van der Waals surface area contributed by atoms with Crippen LogP contribution in [0.2, 0.25) is 5.02 Å². The standard InChI is InChI=1S/C26H25ClN4O4S3/c1-15-10-17(12-36-15)23-29-30-26(31(23)11-19-4-3-9-35-19)38-14-21(32)28-24-22(25(33)34-2)20(13-37-24)16-5-7-18(27)8-6-16/h5-8,10,12-13,19H,3-4,9,11,14H2,1-2H3,(H,28,32). The molecule has 0 spiro atoms. The topological polar surface area (TPSA) is 95.3 Å². The number of nitrogens with one attached hydrogen (secondary N) is 1. The first-order chi connectivity index (χ1) is 18.4. The minimum absolute atomic E-state index is 0.0951. The maximum absolute atomic E-state index is 13.0. The molecule has 1 aliphatic rings. The number of amides is 1. The van der Waals surface area contributed by atoms with Crippen molar-refractivity contribution in [3.63, 3.8) is 0 Å². The van der Waals surface area contributed by atoms with Gasteiger partial charge in [-0.15, -0.1) is 32.9 Å². The molecule has 1 aliphatic heterocycles. The molecule has 1 unspecified atom stereocenters. The number of ether oxygens (including phenoxy) is 2. The zero-order chi connectivity index (χ0) is 26.6. The number of aromatic nitrogens is 3. The van der Waals surface area contributed by atoms with E-state index in [1.807, 2.05) is 22.1 Å². The smallest absolute Gasteiger partial charge is 0.341 e. The normalized spacial score (nSPS) is 15.1. The Morgan fingerprint density at radius 1 is 1.21 bits per heavy atom. The molecule has 4 aromatic rings. The van der Waals surface area contributed by atoms with Gasteiger partial charge in [0.25, 0.3) is 0 Å². The molecule has 38 heavy (non-hydrogen) atoms. The van der Waals surface area contributed by atoms with Gasteiger partial charge in [-0.3, -0.25) is 9.36 Å². The van der Waals surface area contributed by atoms with E-state index >= 15 is 0 Å². The van der Waals surface area contributed by atoms with Gasteiger partial charge in [0.05, 0.1) is 25.5 Å². The Morgan fingerprint density at radius 3 is 2.71 bits per heavy atom. The fraction of sp³-hybridized carbons (Fsp3) is 0.308. The minimum Gasteiger partial charge on any atom is -0.465 e. The summed E-state index contributed by atoms with van der Waals surface area (Å²) in [5.74, 6) is 0.0863. The SMILES string of the molecule is COC(=O)c1c(-c2ccc(Cl)cc2)csc1NC(=O)CSc1nnc(-c2csc(C)c2)n1CC1CCCO1. The summed E-state index contributed by atoms with van der Waals surface area (Å²) in [5, 5.41) is 17.3. The number of anilines is 1. The van der Waals surface area contributed by atoms with Crippen molar-refractivity contribution in [2.75, 3.05) is 24.8 Å². The van der Waals surface area contributed by atoms with Gasteiger partial charge >= 0.3 is 5.97 Å². The number of carbonyl (C=O) groups excluding carboxylic acids is 2. The number of hydrogen-bond donors (Lipinski definition) is 1. The third-order valence-electron chi connectivity index (χ3n) is 6.04. The van der Waals surface area contributed by atoms with Crippen molar-refractivity contribution in [1.29, 1.82) is 0 Å². The minimum atomic E-state index is -0.522. The quantitative estimate of drug-likeness (QED) is 0.179. The highest BCUT2D eigenvalue weighted by Crippen LogP contribution is 2.37. The van der Waals surface area contributed by atoms with E-state index in [0.717, 1.165) is 36.4 Å². The highest BCUT2D eigenvalue weighted by atomic mass is 35.5. The van der Waals surface area contributed by atoms with Crippen molar-refractivity contribution in [3.8, 4) is 22.5 Å². The monoisotopic (exact) mass is 588 g/mol. The molecule has 12 heteroatoms. The van der Waals surface area contributed by atoms with Gasteiger partial charge < -0.3 is 14.8 Å². The second kappa shape index (κ2) is 12.0. The van der Waals surface area contributed by atoms with Gasteiger partial charge in [0.2, 0.25) is 5.91 Å². The van der Waals surface area contributed by atoms with Crippen LogP contribution >= 0.6 is 46.0 Å². The van der Waals surface area contributed by atoms with Crippen LogP contribution in [0.25, 0.3) is 22.5 Å². The Bertz CT molecular complexity index is 1440. The largest absolute Gasteiger partial charge is 0.465 e. The van der Waals surface area contributed by atoms with E-state index in [1.165, 1.54) is 35.1 Å². The number of thiophene rings is 2. The summed E-state index contributed by atoms with van der Waals surface area (Å²) in [4.78, 5) is 26.8. The van der Waals surface area contributed by atoms with Gasteiger partial charge in [-0.1, -0.05) is 35.5 Å². The first kappa shape index (κ1) is 26.9. The van der Waals surface area contributed by atoms with Crippen molar-refractivity contribution in [2.45, 2.75) is 37.6 Å². The van der Waals surface area contributed by atoms with E-state index in [9.17, 15) is 9.59 Å². The molecule has 1 aromatic carbocycles. The van der Waals surface area contributed by atoms with Gasteiger partial charge in [-0.2, -0.15) is 0 Å². The third-order valence-corrected chi connectivity index (χ3v) is 9.01. The van der Waals surface area contributed by atoms with Crippen LogP contribution in [0.1, 0.15) is 28.1 Å². The van der Waals surface area contributed by atoms with E-state index in [2.05, 4.69) is 33.9 Å². The van der Waals surface area contributed by atoms with Crippen molar-refractivity contribution >= 4 is 62.9 Å². The molecule has 1 amide bonds. The van der Waals surface area contributed by atoms with Gasteiger partial charge in [-0.05, 0) is 43.5 Å². The summed E-state index contributed by atoms with van der Waals surface area (Å²) in [7, 11) is 1.32. The predicted molar refractivity (Wildman–Crippen MR) is 153 cm³/mol. The van der Waals surface area contributed by atoms with Crippen LogP contribution in [0.5, 0.6) is 0 Å². The molecule has 5 rings (SSSR count). The van der Waals surface area contributed by atoms with Crippen LogP contribution in [-0.4, -0.2) is 52.2 Å². The van der Waals surface area contributed by atoms with Crippen molar-refractivity contribution in [2.24, 2.45) is 0 Å². The number of halogens is 1. The number of hydrogen-bond acceptors (Lipinski definition) is 9. The Morgan fingerprint density at radius 2 is 2.03 bits per heavy atom. The van der Waals surface area contributed by atoms with Crippen molar-refractivity contribution < 1.29 is 19.1 Å². The summed E-state index contributed by atoms with van der Waals surface area (Å²) in [5.41, 5.74) is 2.80. The summed E-state index contributed by atoms with van der Waals surface area (Å²) >= 11 is 10.3. The zero-order valence-corrected chi connectivity index (χ0v) is 23.9. The number of aryl methyl sites for hydroxylation is 1. The number of carbonyl (C=O) groups is 2. The lowest BCUT2D eigenvalue weighted by molar-refractivity contribution is -0.113. The number of benzene rings is 1. The molecule has 0 aliphatic carbocycles. The Labute approximate surface area is 237 Å². The molecular formula is C26H25ClN4O4S3. The Kier molecular flexibility index (Phi) is 8.49. The molecule has 1 saturated heterocycles. The number of thioether (sulfide) groups is 1. The average Bonchev–Trinajstić information content (AvgIpc) is 3.71. The lowest BCUT2D eigenvalue weighted by Gasteiger charge is -2.14. The maximum atomic E-state index is 13.0. The molecule has 0 bridgehead atoms. The van der Waals surface area contributed by atoms with Crippen LogP contribution in [0.4, 0.5) is 5.00 Å². The second-order valence-electron chi connectivity index (χ2n) is 8.69. The molecule has 1 fully saturated rings. The average molecular weight is 589 g/mol. The molecule has 198 valence electrons. The molecule has 1 atom stereocenters. The molecule has 8 nitrogen and oxygen atoms in total. The third kappa shape index (κ3) is 5.97. The lowest BCUT2D eigenvalue weighted by atomic mass is 10.0. The van der Waals surface area contributed by atoms with Gasteiger partial charge in [0.1, 0.15) is 10.6 Å². The first-order valence-electron chi connectivity index (χ1n) is 11.9. The summed E-state index contributed by atoms with van der Waals surface area (Å²) in [6, 6.07) is 9.24. The van der Waals surface area contributed by atoms with E-state index in [0.29, 0.717) is 32.9 Å². The molecule has 3 aromatic heterocycles. The fourth-order valence-electron chi connectivity index (χ4n) is 4.22. The van der Waals surface area contributed by atoms with E-state index in [4.69, 9.17) is 21.1 Å². The second-order valence-corrected chi connectivity index (χ2v) is 12.1. The van der Waals surface area contributed by atoms with E-state index in [1.54, 1.807) is 23.5 Å². The van der Waals surface area contributed by atoms with Crippen LogP contribution in [-0.2, 0) is 20.8 Å². The van der Waals surface area contributed by atoms with Crippen molar-refractivity contribution in [3.05, 3.63) is 56.6 Å². The van der Waals surface area contributed by atoms with E-state index in [-0.39, 0.29) is 17.8 Å². The fourth-order valence-corrected chi connectivity index (χ4v) is 6.74. The zero-order valence-electron chi connectivity index (χ0n) is 20.7. The number of rotatable bonds is 9. The predicted octanol–water partition coefficient (Wildman–Crippen LogP) is 6.39. The molecule has 0 radical (unpaired) electrons. The maximum Gasteiger partial charge on any atom is 0.341 e. The van der Waals surface area contributed by atoms with Crippen LogP contribution in [0, 0.1) is 6.92 Å². The van der Waals surface area contributed by atoms with Crippen LogP contribution < -0.4 is 5.32 Å². The number of nitrogens with zero attached hydrogens (tertiary/aromatic N) is 3. The molecule has 0 saturated carbocycles.